The van der Waals surface area contributed by atoms with Gasteiger partial charge in [-0.3, -0.25) is 4.79 Å². The van der Waals surface area contributed by atoms with Crippen molar-refractivity contribution in [3.63, 3.8) is 0 Å². The van der Waals surface area contributed by atoms with Crippen molar-refractivity contribution >= 4 is 17.5 Å². The normalized spacial score (nSPS) is 21.3. The van der Waals surface area contributed by atoms with Crippen LogP contribution in [0, 0.1) is 5.92 Å². The number of rotatable bonds is 5. The van der Waals surface area contributed by atoms with Gasteiger partial charge in [-0.1, -0.05) is 36.7 Å². The van der Waals surface area contributed by atoms with Crippen LogP contribution in [0.25, 0.3) is 0 Å². The van der Waals surface area contributed by atoms with Crippen LogP contribution in [-0.2, 0) is 11.2 Å². The fourth-order valence-electron chi connectivity index (χ4n) is 3.13. The Kier molecular flexibility index (Phi) is 5.65. The molecule has 21 heavy (non-hydrogen) atoms. The first-order chi connectivity index (χ1) is 9.99. The molecule has 0 radical (unpaired) electrons. The lowest BCUT2D eigenvalue weighted by atomic mass is 9.98. The monoisotopic (exact) mass is 309 g/mol. The van der Waals surface area contributed by atoms with Gasteiger partial charge >= 0.3 is 0 Å². The van der Waals surface area contributed by atoms with Crippen molar-refractivity contribution in [2.24, 2.45) is 5.92 Å². The van der Waals surface area contributed by atoms with Crippen LogP contribution in [0.5, 0.6) is 0 Å². The van der Waals surface area contributed by atoms with E-state index in [1.54, 1.807) is 6.92 Å². The minimum atomic E-state index is -0.359. The molecule has 1 aliphatic heterocycles. The Balaban J connectivity index is 2.00. The van der Waals surface area contributed by atoms with Crippen molar-refractivity contribution in [2.75, 3.05) is 6.54 Å². The average molecular weight is 310 g/mol. The Morgan fingerprint density at radius 2 is 2.14 bits per heavy atom. The second kappa shape index (κ2) is 7.28. The first-order valence-corrected chi connectivity index (χ1v) is 8.08. The van der Waals surface area contributed by atoms with Crippen LogP contribution in [0.3, 0.4) is 0 Å². The highest BCUT2D eigenvalue weighted by Gasteiger charge is 2.32. The van der Waals surface area contributed by atoms with Crippen molar-refractivity contribution in [1.82, 2.24) is 4.90 Å². The highest BCUT2D eigenvalue weighted by Crippen LogP contribution is 2.26. The van der Waals surface area contributed by atoms with Crippen molar-refractivity contribution < 1.29 is 9.90 Å². The summed E-state index contributed by atoms with van der Waals surface area (Å²) in [6.45, 7) is 4.56. The molecule has 1 saturated heterocycles. The molecule has 3 nitrogen and oxygen atoms in total. The van der Waals surface area contributed by atoms with Crippen LogP contribution in [0.15, 0.2) is 24.3 Å². The highest BCUT2D eigenvalue weighted by molar-refractivity contribution is 6.31. The van der Waals surface area contributed by atoms with Gasteiger partial charge in [0.2, 0.25) is 5.91 Å². The van der Waals surface area contributed by atoms with Gasteiger partial charge in [0, 0.05) is 23.5 Å². The Morgan fingerprint density at radius 1 is 1.43 bits per heavy atom. The quantitative estimate of drug-likeness (QED) is 0.907. The zero-order chi connectivity index (χ0) is 15.4. The molecule has 4 heteroatoms. The summed E-state index contributed by atoms with van der Waals surface area (Å²) in [4.78, 5) is 14.6. The Morgan fingerprint density at radius 3 is 2.81 bits per heavy atom. The summed E-state index contributed by atoms with van der Waals surface area (Å²) in [5.41, 5.74) is 1.02. The molecule has 0 spiro atoms. The van der Waals surface area contributed by atoms with E-state index in [1.807, 2.05) is 36.1 Å². The Bertz CT molecular complexity index is 489. The lowest BCUT2D eigenvalue weighted by molar-refractivity contribution is -0.136. The number of halogens is 1. The summed E-state index contributed by atoms with van der Waals surface area (Å²) in [5.74, 6) is 0.0950. The molecule has 0 aromatic heterocycles. The maximum absolute atomic E-state index is 12.7. The molecule has 1 aromatic carbocycles. The van der Waals surface area contributed by atoms with Crippen LogP contribution in [0.2, 0.25) is 5.02 Å². The third-order valence-corrected chi connectivity index (χ3v) is 4.55. The van der Waals surface area contributed by atoms with E-state index in [9.17, 15) is 9.90 Å². The number of amides is 1. The molecule has 0 saturated carbocycles. The summed E-state index contributed by atoms with van der Waals surface area (Å²) >= 11 is 6.17. The summed E-state index contributed by atoms with van der Waals surface area (Å²) < 4.78 is 0. The largest absolute Gasteiger partial charge is 0.393 e. The average Bonchev–Trinajstić information content (AvgIpc) is 2.87. The lowest BCUT2D eigenvalue weighted by Crippen LogP contribution is -2.40. The van der Waals surface area contributed by atoms with Gasteiger partial charge in [-0.15, -0.1) is 0 Å². The van der Waals surface area contributed by atoms with E-state index in [1.165, 1.54) is 0 Å². The van der Waals surface area contributed by atoms with E-state index >= 15 is 0 Å². The van der Waals surface area contributed by atoms with Crippen molar-refractivity contribution in [3.05, 3.63) is 34.9 Å². The van der Waals surface area contributed by atoms with E-state index in [4.69, 9.17) is 11.6 Å². The van der Waals surface area contributed by atoms with E-state index in [0.29, 0.717) is 12.8 Å². The van der Waals surface area contributed by atoms with Crippen LogP contribution >= 0.6 is 11.6 Å². The summed E-state index contributed by atoms with van der Waals surface area (Å²) in [7, 11) is 0. The SMILES string of the molecule is CC(O)CC1CCCN1C(=O)C(C)Cc1ccccc1Cl. The van der Waals surface area contributed by atoms with Gasteiger partial charge in [-0.05, 0) is 44.2 Å². The zero-order valence-corrected chi connectivity index (χ0v) is 13.5. The minimum absolute atomic E-state index is 0.0838. The van der Waals surface area contributed by atoms with Gasteiger partial charge in [-0.2, -0.15) is 0 Å². The van der Waals surface area contributed by atoms with E-state index < -0.39 is 0 Å². The fourth-order valence-corrected chi connectivity index (χ4v) is 3.34. The maximum atomic E-state index is 12.7. The van der Waals surface area contributed by atoms with Crippen LogP contribution < -0.4 is 0 Å². The predicted molar refractivity (Wildman–Crippen MR) is 85.4 cm³/mol. The standard InChI is InChI=1S/C17H24ClNO2/c1-12(10-14-6-3-4-8-16(14)18)17(21)19-9-5-7-15(19)11-13(2)20/h3-4,6,8,12-13,15,20H,5,7,9-11H2,1-2H3. The molecule has 3 atom stereocenters. The Hall–Kier alpha value is -1.06. The van der Waals surface area contributed by atoms with Crippen LogP contribution in [0.1, 0.15) is 38.7 Å². The molecule has 0 bridgehead atoms. The van der Waals surface area contributed by atoms with Gasteiger partial charge in [0.05, 0.1) is 6.10 Å². The van der Waals surface area contributed by atoms with E-state index in [0.717, 1.165) is 30.0 Å². The van der Waals surface area contributed by atoms with Crippen LogP contribution in [0.4, 0.5) is 0 Å². The molecule has 0 aliphatic carbocycles. The van der Waals surface area contributed by atoms with E-state index in [2.05, 4.69) is 0 Å². The van der Waals surface area contributed by atoms with Gasteiger partial charge in [0.25, 0.3) is 0 Å². The summed E-state index contributed by atoms with van der Waals surface area (Å²) in [6.07, 6.45) is 3.00. The number of carbonyl (C=O) groups excluding carboxylic acids is 1. The molecular formula is C17H24ClNO2. The molecule has 116 valence electrons. The number of likely N-dealkylation sites (tertiary alicyclic amines) is 1. The summed E-state index contributed by atoms with van der Waals surface area (Å²) in [5, 5.41) is 10.3. The molecule has 1 aromatic rings. The van der Waals surface area contributed by atoms with Crippen LogP contribution in [-0.4, -0.2) is 34.6 Å². The molecule has 2 rings (SSSR count). The van der Waals surface area contributed by atoms with Crippen molar-refractivity contribution in [1.29, 1.82) is 0 Å². The predicted octanol–water partition coefficient (Wildman–Crippen LogP) is 3.28. The maximum Gasteiger partial charge on any atom is 0.225 e. The molecule has 3 unspecified atom stereocenters. The number of carbonyl (C=O) groups is 1. The van der Waals surface area contributed by atoms with Gasteiger partial charge in [0.15, 0.2) is 0 Å². The number of hydrogen-bond donors (Lipinski definition) is 1. The topological polar surface area (TPSA) is 40.5 Å². The second-order valence-corrected chi connectivity index (χ2v) is 6.52. The van der Waals surface area contributed by atoms with Crippen molar-refractivity contribution in [2.45, 2.75) is 51.7 Å². The third-order valence-electron chi connectivity index (χ3n) is 4.18. The highest BCUT2D eigenvalue weighted by atomic mass is 35.5. The Labute approximate surface area is 131 Å². The third kappa shape index (κ3) is 4.21. The molecular weight excluding hydrogens is 286 g/mol. The molecule has 1 aliphatic rings. The molecule has 1 N–H and O–H groups in total. The lowest BCUT2D eigenvalue weighted by Gasteiger charge is -2.28. The van der Waals surface area contributed by atoms with Crippen molar-refractivity contribution in [3.8, 4) is 0 Å². The molecule has 1 fully saturated rings. The van der Waals surface area contributed by atoms with Gasteiger partial charge in [0.1, 0.15) is 0 Å². The number of hydrogen-bond acceptors (Lipinski definition) is 2. The zero-order valence-electron chi connectivity index (χ0n) is 12.8. The number of nitrogens with zero attached hydrogens (tertiary/aromatic N) is 1. The molecule has 1 amide bonds. The summed E-state index contributed by atoms with van der Waals surface area (Å²) in [6, 6.07) is 7.87. The number of aliphatic hydroxyl groups is 1. The number of benzene rings is 1. The number of aliphatic hydroxyl groups excluding tert-OH is 1. The molecule has 1 heterocycles. The van der Waals surface area contributed by atoms with E-state index in [-0.39, 0.29) is 24.0 Å². The minimum Gasteiger partial charge on any atom is -0.393 e. The second-order valence-electron chi connectivity index (χ2n) is 6.11. The van der Waals surface area contributed by atoms with Gasteiger partial charge in [-0.25, -0.2) is 0 Å². The first kappa shape index (κ1) is 16.3. The first-order valence-electron chi connectivity index (χ1n) is 7.71. The smallest absolute Gasteiger partial charge is 0.225 e. The van der Waals surface area contributed by atoms with Gasteiger partial charge < -0.3 is 10.0 Å². The fraction of sp³-hybridized carbons (Fsp3) is 0.588.